The highest BCUT2D eigenvalue weighted by atomic mass is 32.2. The molecule has 8 nitrogen and oxygen atoms in total. The number of aromatic nitrogens is 1. The van der Waals surface area contributed by atoms with Crippen LogP contribution in [0, 0.1) is 13.8 Å². The molecule has 2 heterocycles. The summed E-state index contributed by atoms with van der Waals surface area (Å²) in [6.07, 6.45) is 0.185. The van der Waals surface area contributed by atoms with E-state index < -0.39 is 21.5 Å². The molecule has 0 saturated carbocycles. The number of nitrogens with zero attached hydrogens (tertiary/aromatic N) is 1. The van der Waals surface area contributed by atoms with Crippen LogP contribution in [-0.2, 0) is 25.2 Å². The first-order valence-electron chi connectivity index (χ1n) is 12.5. The summed E-state index contributed by atoms with van der Waals surface area (Å²) in [5.74, 6) is 0.0776. The SMILES string of the molecule is COc1ccccc1[C@H]1CO[C@@](C(=O)NS(=O)(=O)c2cccc3nc(C)ccc23)(c2cc(C)ccc2OC)C1. The quantitative estimate of drug-likeness (QED) is 0.356. The maximum Gasteiger partial charge on any atom is 0.270 e. The van der Waals surface area contributed by atoms with E-state index in [0.29, 0.717) is 28.0 Å². The molecule has 0 spiro atoms. The van der Waals surface area contributed by atoms with E-state index in [0.717, 1.165) is 16.8 Å². The first-order valence-corrected chi connectivity index (χ1v) is 14.0. The number of aryl methyl sites for hydroxylation is 2. The molecule has 1 amide bonds. The van der Waals surface area contributed by atoms with Crippen LogP contribution in [0.1, 0.15) is 34.7 Å². The maximum atomic E-state index is 14.1. The van der Waals surface area contributed by atoms with Crippen LogP contribution < -0.4 is 14.2 Å². The van der Waals surface area contributed by atoms with E-state index in [9.17, 15) is 13.2 Å². The molecule has 1 aliphatic heterocycles. The first kappa shape index (κ1) is 26.6. The molecule has 2 atom stereocenters. The third-order valence-electron chi connectivity index (χ3n) is 7.15. The number of sulfonamides is 1. The van der Waals surface area contributed by atoms with Crippen molar-refractivity contribution in [1.82, 2.24) is 9.71 Å². The molecule has 9 heteroatoms. The molecule has 1 saturated heterocycles. The lowest BCUT2D eigenvalue weighted by molar-refractivity contribution is -0.140. The summed E-state index contributed by atoms with van der Waals surface area (Å²) < 4.78 is 47.2. The summed E-state index contributed by atoms with van der Waals surface area (Å²) >= 11 is 0. The van der Waals surface area contributed by atoms with Crippen LogP contribution in [0.3, 0.4) is 0 Å². The Hall–Kier alpha value is -3.95. The molecule has 1 N–H and O–H groups in total. The molecule has 4 aromatic rings. The molecule has 1 aliphatic rings. The molecule has 0 unspecified atom stereocenters. The van der Waals surface area contributed by atoms with E-state index in [4.69, 9.17) is 14.2 Å². The van der Waals surface area contributed by atoms with Crippen molar-refractivity contribution in [2.24, 2.45) is 0 Å². The van der Waals surface area contributed by atoms with Crippen LogP contribution in [0.15, 0.2) is 77.7 Å². The fraction of sp³-hybridized carbons (Fsp3) is 0.267. The Kier molecular flexibility index (Phi) is 7.05. The fourth-order valence-electron chi connectivity index (χ4n) is 5.24. The van der Waals surface area contributed by atoms with Gasteiger partial charge in [-0.25, -0.2) is 13.1 Å². The second-order valence-corrected chi connectivity index (χ2v) is 11.3. The van der Waals surface area contributed by atoms with Crippen molar-refractivity contribution in [3.63, 3.8) is 0 Å². The molecule has 3 aromatic carbocycles. The smallest absolute Gasteiger partial charge is 0.270 e. The summed E-state index contributed by atoms with van der Waals surface area (Å²) in [5, 5.41) is 0.421. The monoisotopic (exact) mass is 546 g/mol. The zero-order chi connectivity index (χ0) is 27.8. The number of benzene rings is 3. The topological polar surface area (TPSA) is 104 Å². The van der Waals surface area contributed by atoms with Gasteiger partial charge in [-0.1, -0.05) is 35.9 Å². The molecular weight excluding hydrogens is 516 g/mol. The van der Waals surface area contributed by atoms with Gasteiger partial charge in [0.1, 0.15) is 11.5 Å². The highest BCUT2D eigenvalue weighted by Crippen LogP contribution is 2.48. The predicted molar refractivity (Wildman–Crippen MR) is 148 cm³/mol. The summed E-state index contributed by atoms with van der Waals surface area (Å²) in [6, 6.07) is 21.2. The van der Waals surface area contributed by atoms with E-state index in [1.54, 1.807) is 43.5 Å². The largest absolute Gasteiger partial charge is 0.496 e. The molecule has 0 radical (unpaired) electrons. The Bertz CT molecular complexity index is 1670. The van der Waals surface area contributed by atoms with E-state index in [2.05, 4.69) is 9.71 Å². The number of nitrogens with one attached hydrogen (secondary N) is 1. The number of rotatable bonds is 7. The van der Waals surface area contributed by atoms with E-state index in [-0.39, 0.29) is 23.8 Å². The Labute approximate surface area is 228 Å². The lowest BCUT2D eigenvalue weighted by Gasteiger charge is -2.29. The van der Waals surface area contributed by atoms with Crippen molar-refractivity contribution in [1.29, 1.82) is 0 Å². The van der Waals surface area contributed by atoms with Gasteiger partial charge in [0.15, 0.2) is 5.60 Å². The van der Waals surface area contributed by atoms with Gasteiger partial charge in [-0.3, -0.25) is 9.78 Å². The third kappa shape index (κ3) is 4.84. The number of ether oxygens (including phenoxy) is 3. The Morgan fingerprint density at radius 1 is 0.974 bits per heavy atom. The molecule has 0 aliphatic carbocycles. The van der Waals surface area contributed by atoms with E-state index in [1.165, 1.54) is 13.2 Å². The average Bonchev–Trinajstić information content (AvgIpc) is 3.39. The average molecular weight is 547 g/mol. The van der Waals surface area contributed by atoms with Crippen LogP contribution in [0.25, 0.3) is 10.9 Å². The summed E-state index contributed by atoms with van der Waals surface area (Å²) in [5.41, 5.74) is 1.86. The van der Waals surface area contributed by atoms with Crippen LogP contribution in [0.2, 0.25) is 0 Å². The number of pyridine rings is 1. The van der Waals surface area contributed by atoms with Crippen LogP contribution in [0.4, 0.5) is 0 Å². The van der Waals surface area contributed by atoms with Crippen LogP contribution in [0.5, 0.6) is 11.5 Å². The standard InChI is InChI=1S/C30H30N2O6S/c1-19-12-15-27(37-4)24(16-19)30(17-21(18-38-30)22-8-5-6-10-26(22)36-3)29(33)32-39(34,35)28-11-7-9-25-23(28)14-13-20(2)31-25/h5-16,21H,17-18H2,1-4H3,(H,32,33)/t21-,30-/m1/s1. The van der Waals surface area contributed by atoms with Gasteiger partial charge in [-0.2, -0.15) is 0 Å². The molecule has 0 bridgehead atoms. The lowest BCUT2D eigenvalue weighted by Crippen LogP contribution is -2.46. The second-order valence-electron chi connectivity index (χ2n) is 9.69. The highest BCUT2D eigenvalue weighted by molar-refractivity contribution is 7.90. The number of methoxy groups -OCH3 is 2. The number of carbonyl (C=O) groups is 1. The van der Waals surface area contributed by atoms with Gasteiger partial charge in [0.05, 0.1) is 31.2 Å². The van der Waals surface area contributed by atoms with E-state index in [1.807, 2.05) is 44.2 Å². The lowest BCUT2D eigenvalue weighted by atomic mass is 9.83. The number of hydrogen-bond donors (Lipinski definition) is 1. The number of hydrogen-bond acceptors (Lipinski definition) is 7. The van der Waals surface area contributed by atoms with Crippen molar-refractivity contribution in [2.45, 2.75) is 36.7 Å². The summed E-state index contributed by atoms with van der Waals surface area (Å²) in [6.45, 7) is 3.91. The minimum absolute atomic E-state index is 0.0357. The Morgan fingerprint density at radius 2 is 1.74 bits per heavy atom. The minimum Gasteiger partial charge on any atom is -0.496 e. The minimum atomic E-state index is -4.29. The van der Waals surface area contributed by atoms with Crippen molar-refractivity contribution in [2.75, 3.05) is 20.8 Å². The Morgan fingerprint density at radius 3 is 2.51 bits per heavy atom. The third-order valence-corrected chi connectivity index (χ3v) is 8.54. The summed E-state index contributed by atoms with van der Waals surface area (Å²) in [7, 11) is -1.20. The fourth-order valence-corrected chi connectivity index (χ4v) is 6.48. The van der Waals surface area contributed by atoms with Crippen molar-refractivity contribution >= 4 is 26.8 Å². The van der Waals surface area contributed by atoms with Crippen molar-refractivity contribution < 1.29 is 27.4 Å². The Balaban J connectivity index is 1.59. The first-order chi connectivity index (χ1) is 18.7. The van der Waals surface area contributed by atoms with E-state index >= 15 is 0 Å². The highest BCUT2D eigenvalue weighted by Gasteiger charge is 2.52. The van der Waals surface area contributed by atoms with Gasteiger partial charge in [-0.05, 0) is 68.3 Å². The zero-order valence-electron chi connectivity index (χ0n) is 22.2. The number of para-hydroxylation sites is 1. The molecule has 202 valence electrons. The summed E-state index contributed by atoms with van der Waals surface area (Å²) in [4.78, 5) is 18.5. The molecule has 39 heavy (non-hydrogen) atoms. The van der Waals surface area contributed by atoms with Crippen LogP contribution >= 0.6 is 0 Å². The van der Waals surface area contributed by atoms with Crippen LogP contribution in [-0.4, -0.2) is 40.1 Å². The van der Waals surface area contributed by atoms with Gasteiger partial charge >= 0.3 is 0 Å². The predicted octanol–water partition coefficient (Wildman–Crippen LogP) is 4.77. The van der Waals surface area contributed by atoms with Gasteiger partial charge < -0.3 is 14.2 Å². The van der Waals surface area contributed by atoms with Crippen molar-refractivity contribution in [3.8, 4) is 11.5 Å². The zero-order valence-corrected chi connectivity index (χ0v) is 23.0. The normalized spacial score (nSPS) is 19.1. The molecule has 1 fully saturated rings. The molecule has 5 rings (SSSR count). The van der Waals surface area contributed by atoms with Crippen molar-refractivity contribution in [3.05, 3.63) is 95.2 Å². The molecular formula is C30H30N2O6S. The van der Waals surface area contributed by atoms with Gasteiger partial charge in [-0.15, -0.1) is 0 Å². The number of carbonyl (C=O) groups excluding carboxylic acids is 1. The van der Waals surface area contributed by atoms with Gasteiger partial charge in [0, 0.05) is 22.6 Å². The second kappa shape index (κ2) is 10.3. The van der Waals surface area contributed by atoms with Gasteiger partial charge in [0.2, 0.25) is 0 Å². The van der Waals surface area contributed by atoms with Gasteiger partial charge in [0.25, 0.3) is 15.9 Å². The number of amides is 1. The maximum absolute atomic E-state index is 14.1. The molecule has 1 aromatic heterocycles. The number of fused-ring (bicyclic) bond motifs is 1.